The smallest absolute Gasteiger partial charge is 0.232 e. The van der Waals surface area contributed by atoms with E-state index in [0.717, 1.165) is 23.4 Å². The molecule has 2 aromatic carbocycles. The van der Waals surface area contributed by atoms with Crippen LogP contribution in [0.1, 0.15) is 31.9 Å². The Bertz CT molecular complexity index is 1140. The van der Waals surface area contributed by atoms with Crippen molar-refractivity contribution in [2.24, 2.45) is 0 Å². The van der Waals surface area contributed by atoms with Crippen molar-refractivity contribution in [1.82, 2.24) is 4.90 Å². The van der Waals surface area contributed by atoms with Gasteiger partial charge in [-0.25, -0.2) is 4.39 Å². The Hall–Kier alpha value is -2.96. The zero-order chi connectivity index (χ0) is 20.0. The van der Waals surface area contributed by atoms with Gasteiger partial charge in [-0.15, -0.1) is 11.3 Å². The average Bonchev–Trinajstić information content (AvgIpc) is 3.33. The van der Waals surface area contributed by atoms with Gasteiger partial charge in [0.05, 0.1) is 11.1 Å². The van der Waals surface area contributed by atoms with Crippen LogP contribution in [0, 0.1) is 12.7 Å². The molecular formula is C23H18FNO3S. The van der Waals surface area contributed by atoms with E-state index in [0.29, 0.717) is 30.2 Å². The number of rotatable bonds is 3. The molecule has 0 aliphatic carbocycles. The summed E-state index contributed by atoms with van der Waals surface area (Å²) in [6.45, 7) is 3.74. The topological polar surface area (TPSA) is 38.8 Å². The summed E-state index contributed by atoms with van der Waals surface area (Å²) >= 11 is 1.70. The lowest BCUT2D eigenvalue weighted by Gasteiger charge is -2.29. The predicted octanol–water partition coefficient (Wildman–Crippen LogP) is 5.16. The van der Waals surface area contributed by atoms with Crippen LogP contribution >= 0.6 is 11.3 Å². The number of halogens is 1. The molecule has 4 nitrogen and oxygen atoms in total. The van der Waals surface area contributed by atoms with Crippen molar-refractivity contribution in [2.45, 2.75) is 20.0 Å². The minimum Gasteiger partial charge on any atom is -0.478 e. The highest BCUT2D eigenvalue weighted by Crippen LogP contribution is 2.44. The van der Waals surface area contributed by atoms with Crippen LogP contribution in [-0.2, 0) is 13.1 Å². The fourth-order valence-electron chi connectivity index (χ4n) is 3.73. The van der Waals surface area contributed by atoms with Crippen LogP contribution < -0.4 is 9.47 Å². The van der Waals surface area contributed by atoms with Crippen molar-refractivity contribution in [3.8, 4) is 11.5 Å². The third-order valence-corrected chi connectivity index (χ3v) is 6.00. The summed E-state index contributed by atoms with van der Waals surface area (Å²) in [7, 11) is 0. The van der Waals surface area contributed by atoms with Crippen LogP contribution in [-0.4, -0.2) is 17.4 Å². The molecule has 0 unspecified atom stereocenters. The third kappa shape index (κ3) is 3.24. The first-order valence-electron chi connectivity index (χ1n) is 9.33. The summed E-state index contributed by atoms with van der Waals surface area (Å²) in [5.41, 5.74) is 2.52. The van der Waals surface area contributed by atoms with E-state index in [1.165, 1.54) is 17.0 Å². The minimum atomic E-state index is -0.392. The normalized spacial score (nSPS) is 17.0. The highest BCUT2D eigenvalue weighted by atomic mass is 32.1. The number of hydrogen-bond donors (Lipinski definition) is 0. The van der Waals surface area contributed by atoms with Gasteiger partial charge >= 0.3 is 0 Å². The van der Waals surface area contributed by atoms with Crippen LogP contribution in [0.25, 0.3) is 6.08 Å². The third-order valence-electron chi connectivity index (χ3n) is 5.14. The van der Waals surface area contributed by atoms with Crippen LogP contribution in [0.15, 0.2) is 53.6 Å². The van der Waals surface area contributed by atoms with E-state index in [4.69, 9.17) is 9.47 Å². The second-order valence-electron chi connectivity index (χ2n) is 7.18. The van der Waals surface area contributed by atoms with Gasteiger partial charge in [-0.2, -0.15) is 0 Å². The molecule has 0 amide bonds. The molecule has 0 bridgehead atoms. The first-order valence-corrected chi connectivity index (χ1v) is 10.2. The maximum absolute atomic E-state index is 14.0. The van der Waals surface area contributed by atoms with Crippen molar-refractivity contribution in [3.05, 3.63) is 86.6 Å². The molecule has 3 aromatic rings. The number of thiophene rings is 1. The number of fused-ring (bicyclic) bond motifs is 3. The van der Waals surface area contributed by atoms with E-state index in [9.17, 15) is 9.18 Å². The van der Waals surface area contributed by atoms with Crippen molar-refractivity contribution < 1.29 is 18.7 Å². The van der Waals surface area contributed by atoms with Crippen LogP contribution in [0.4, 0.5) is 4.39 Å². The van der Waals surface area contributed by atoms with Gasteiger partial charge in [-0.05, 0) is 42.1 Å². The lowest BCUT2D eigenvalue weighted by atomic mass is 9.98. The van der Waals surface area contributed by atoms with Gasteiger partial charge < -0.3 is 9.47 Å². The Morgan fingerprint density at radius 2 is 2.10 bits per heavy atom. The Kier molecular flexibility index (Phi) is 4.45. The summed E-state index contributed by atoms with van der Waals surface area (Å²) in [5, 5.41) is 2.05. The van der Waals surface area contributed by atoms with Gasteiger partial charge in [0.1, 0.15) is 24.0 Å². The molecule has 3 heterocycles. The lowest BCUT2D eigenvalue weighted by Crippen LogP contribution is -2.31. The van der Waals surface area contributed by atoms with Crippen molar-refractivity contribution >= 4 is 23.2 Å². The van der Waals surface area contributed by atoms with Crippen molar-refractivity contribution in [1.29, 1.82) is 0 Å². The Balaban J connectivity index is 1.50. The molecule has 146 valence electrons. The molecule has 2 aliphatic heterocycles. The van der Waals surface area contributed by atoms with E-state index in [1.807, 2.05) is 19.1 Å². The molecule has 0 N–H and O–H groups in total. The quantitative estimate of drug-likeness (QED) is 0.562. The van der Waals surface area contributed by atoms with E-state index >= 15 is 0 Å². The summed E-state index contributed by atoms with van der Waals surface area (Å²) in [6, 6.07) is 12.3. The second kappa shape index (κ2) is 7.13. The van der Waals surface area contributed by atoms with E-state index in [1.54, 1.807) is 29.5 Å². The Morgan fingerprint density at radius 3 is 2.90 bits per heavy atom. The molecule has 0 spiro atoms. The number of hydrogen-bond acceptors (Lipinski definition) is 5. The van der Waals surface area contributed by atoms with E-state index in [2.05, 4.69) is 16.3 Å². The number of Topliss-reactive ketones (excluding diaryl/α,β-unsaturated/α-hetero) is 1. The molecule has 5 rings (SSSR count). The van der Waals surface area contributed by atoms with Gasteiger partial charge in [0.25, 0.3) is 0 Å². The number of carbonyl (C=O) groups excluding carboxylic acids is 1. The van der Waals surface area contributed by atoms with Crippen LogP contribution in [0.5, 0.6) is 11.5 Å². The SMILES string of the molecule is Cc1cc2c(c3c1C(=O)/C(=C/c1ccccc1F)O3)CN(Cc1cccs1)CO2. The van der Waals surface area contributed by atoms with Crippen molar-refractivity contribution in [2.75, 3.05) is 6.73 Å². The number of carbonyl (C=O) groups is 1. The monoisotopic (exact) mass is 407 g/mol. The maximum atomic E-state index is 14.0. The average molecular weight is 407 g/mol. The van der Waals surface area contributed by atoms with Gasteiger partial charge in [0.2, 0.25) is 5.78 Å². The molecule has 0 saturated carbocycles. The number of ketones is 1. The van der Waals surface area contributed by atoms with Gasteiger partial charge in [-0.1, -0.05) is 24.3 Å². The standard InChI is InChI=1S/C23H18FNO3S/c1-14-9-19-17(12-25(13-27-19)11-16-6-4-8-29-16)23-21(14)22(26)20(28-23)10-15-5-2-3-7-18(15)24/h2-10H,11-13H2,1H3/b20-10-. The molecule has 1 aromatic heterocycles. The van der Waals surface area contributed by atoms with Crippen LogP contribution in [0.3, 0.4) is 0 Å². The largest absolute Gasteiger partial charge is 0.478 e. The summed E-state index contributed by atoms with van der Waals surface area (Å²) in [4.78, 5) is 16.4. The summed E-state index contributed by atoms with van der Waals surface area (Å²) in [5.74, 6) is 0.791. The fourth-order valence-corrected chi connectivity index (χ4v) is 4.48. The molecule has 0 saturated heterocycles. The minimum absolute atomic E-state index is 0.136. The second-order valence-corrected chi connectivity index (χ2v) is 8.21. The van der Waals surface area contributed by atoms with Crippen LogP contribution in [0.2, 0.25) is 0 Å². The van der Waals surface area contributed by atoms with Gasteiger partial charge in [-0.3, -0.25) is 9.69 Å². The first-order chi connectivity index (χ1) is 14.1. The molecule has 0 atom stereocenters. The zero-order valence-electron chi connectivity index (χ0n) is 15.8. The number of allylic oxidation sites excluding steroid dienone is 1. The number of benzene rings is 2. The molecule has 2 aliphatic rings. The zero-order valence-corrected chi connectivity index (χ0v) is 16.6. The van der Waals surface area contributed by atoms with E-state index < -0.39 is 5.82 Å². The van der Waals surface area contributed by atoms with Crippen molar-refractivity contribution in [3.63, 3.8) is 0 Å². The molecule has 6 heteroatoms. The first kappa shape index (κ1) is 18.1. The predicted molar refractivity (Wildman–Crippen MR) is 110 cm³/mol. The highest BCUT2D eigenvalue weighted by Gasteiger charge is 2.35. The number of aryl methyl sites for hydroxylation is 1. The summed E-state index contributed by atoms with van der Waals surface area (Å²) < 4.78 is 26.0. The Labute approximate surface area is 171 Å². The summed E-state index contributed by atoms with van der Waals surface area (Å²) in [6.07, 6.45) is 1.47. The number of ether oxygens (including phenoxy) is 2. The molecule has 0 radical (unpaired) electrons. The Morgan fingerprint density at radius 1 is 1.24 bits per heavy atom. The van der Waals surface area contributed by atoms with Gasteiger partial charge in [0.15, 0.2) is 5.76 Å². The molecular weight excluding hydrogens is 389 g/mol. The maximum Gasteiger partial charge on any atom is 0.232 e. The molecule has 0 fully saturated rings. The molecule has 29 heavy (non-hydrogen) atoms. The fraction of sp³-hybridized carbons (Fsp3) is 0.174. The number of nitrogens with zero attached hydrogens (tertiary/aromatic N) is 1. The van der Waals surface area contributed by atoms with E-state index in [-0.39, 0.29) is 11.5 Å². The lowest BCUT2D eigenvalue weighted by molar-refractivity contribution is 0.0881. The highest BCUT2D eigenvalue weighted by molar-refractivity contribution is 7.09. The van der Waals surface area contributed by atoms with Gasteiger partial charge in [0, 0.05) is 23.5 Å².